The van der Waals surface area contributed by atoms with E-state index in [-0.39, 0.29) is 0 Å². The summed E-state index contributed by atoms with van der Waals surface area (Å²) in [6.45, 7) is 0.456. The van der Waals surface area contributed by atoms with E-state index >= 15 is 0 Å². The summed E-state index contributed by atoms with van der Waals surface area (Å²) in [6.07, 6.45) is 6.74. The second kappa shape index (κ2) is 1.72. The maximum atomic E-state index is 9.05. The number of rotatable bonds is 2. The highest BCUT2D eigenvalue weighted by Crippen LogP contribution is 2.56. The Morgan fingerprint density at radius 1 is 1.33 bits per heavy atom. The van der Waals surface area contributed by atoms with Crippen LogP contribution in [-0.4, -0.2) is 11.7 Å². The first-order valence-electron chi connectivity index (χ1n) is 3.98. The molecular weight excluding hydrogens is 112 g/mol. The normalized spacial score (nSPS) is 31.7. The summed E-state index contributed by atoms with van der Waals surface area (Å²) in [4.78, 5) is 0. The molecule has 52 valence electrons. The lowest BCUT2D eigenvalue weighted by atomic mass is 9.66. The van der Waals surface area contributed by atoms with E-state index in [1.54, 1.807) is 0 Å². The molecule has 0 heterocycles. The average Bonchev–Trinajstić information content (AvgIpc) is 2.47. The summed E-state index contributed by atoms with van der Waals surface area (Å²) in [5.41, 5.74) is 0.431. The van der Waals surface area contributed by atoms with E-state index < -0.39 is 0 Å². The molecule has 0 aromatic carbocycles. The van der Waals surface area contributed by atoms with Crippen LogP contribution in [-0.2, 0) is 0 Å². The molecule has 0 spiro atoms. The smallest absolute Gasteiger partial charge is 0.0490 e. The van der Waals surface area contributed by atoms with Gasteiger partial charge in [-0.3, -0.25) is 0 Å². The first kappa shape index (κ1) is 5.72. The monoisotopic (exact) mass is 126 g/mol. The molecule has 0 aromatic heterocycles. The summed E-state index contributed by atoms with van der Waals surface area (Å²) in [5, 5.41) is 9.05. The molecule has 2 aliphatic rings. The highest BCUT2D eigenvalue weighted by atomic mass is 16.3. The highest BCUT2D eigenvalue weighted by molar-refractivity contribution is 4.98. The zero-order valence-corrected chi connectivity index (χ0v) is 5.77. The Morgan fingerprint density at radius 2 is 2.00 bits per heavy atom. The number of hydrogen-bond acceptors (Lipinski definition) is 1. The van der Waals surface area contributed by atoms with Crippen LogP contribution in [0, 0.1) is 11.3 Å². The molecular formula is C8H14O. The standard InChI is InChI=1S/C8H14O/c9-6-8(4-1-5-8)7-2-3-7/h7,9H,1-6H2. The Kier molecular flexibility index (Phi) is 1.10. The molecule has 2 fully saturated rings. The van der Waals surface area contributed by atoms with Crippen molar-refractivity contribution in [2.24, 2.45) is 11.3 Å². The van der Waals surface area contributed by atoms with Crippen molar-refractivity contribution in [1.82, 2.24) is 0 Å². The van der Waals surface area contributed by atoms with Crippen LogP contribution in [0.15, 0.2) is 0 Å². The van der Waals surface area contributed by atoms with Gasteiger partial charge in [0.2, 0.25) is 0 Å². The Labute approximate surface area is 56.1 Å². The predicted octanol–water partition coefficient (Wildman–Crippen LogP) is 1.56. The molecule has 2 aliphatic carbocycles. The zero-order chi connectivity index (χ0) is 6.32. The maximum Gasteiger partial charge on any atom is 0.0490 e. The van der Waals surface area contributed by atoms with E-state index in [9.17, 15) is 0 Å². The van der Waals surface area contributed by atoms with Gasteiger partial charge in [-0.1, -0.05) is 6.42 Å². The van der Waals surface area contributed by atoms with Gasteiger partial charge in [0.1, 0.15) is 0 Å². The van der Waals surface area contributed by atoms with Crippen molar-refractivity contribution >= 4 is 0 Å². The lowest BCUT2D eigenvalue weighted by Gasteiger charge is -2.40. The molecule has 0 saturated heterocycles. The Balaban J connectivity index is 1.99. The molecule has 2 rings (SSSR count). The SMILES string of the molecule is OCC1(C2CC2)CCC1. The van der Waals surface area contributed by atoms with E-state index in [1.807, 2.05) is 0 Å². The van der Waals surface area contributed by atoms with Gasteiger partial charge < -0.3 is 5.11 Å². The third-order valence-corrected chi connectivity index (χ3v) is 3.11. The minimum atomic E-state index is 0.431. The maximum absolute atomic E-state index is 9.05. The molecule has 0 atom stereocenters. The van der Waals surface area contributed by atoms with Crippen LogP contribution in [0.4, 0.5) is 0 Å². The Hall–Kier alpha value is -0.0400. The van der Waals surface area contributed by atoms with Crippen molar-refractivity contribution in [3.05, 3.63) is 0 Å². The van der Waals surface area contributed by atoms with Crippen LogP contribution in [0.5, 0.6) is 0 Å². The molecule has 0 aliphatic heterocycles. The quantitative estimate of drug-likeness (QED) is 0.595. The summed E-state index contributed by atoms with van der Waals surface area (Å²) in [5.74, 6) is 0.913. The largest absolute Gasteiger partial charge is 0.396 e. The molecule has 0 bridgehead atoms. The first-order valence-corrected chi connectivity index (χ1v) is 3.98. The number of aliphatic hydroxyl groups is 1. The minimum absolute atomic E-state index is 0.431. The van der Waals surface area contributed by atoms with E-state index in [0.29, 0.717) is 12.0 Å². The first-order chi connectivity index (χ1) is 4.37. The van der Waals surface area contributed by atoms with Crippen molar-refractivity contribution in [1.29, 1.82) is 0 Å². The van der Waals surface area contributed by atoms with Crippen molar-refractivity contribution in [2.45, 2.75) is 32.1 Å². The van der Waals surface area contributed by atoms with Crippen LogP contribution in [0.1, 0.15) is 32.1 Å². The van der Waals surface area contributed by atoms with E-state index in [4.69, 9.17) is 5.11 Å². The molecule has 0 aromatic rings. The molecule has 1 nitrogen and oxygen atoms in total. The minimum Gasteiger partial charge on any atom is -0.396 e. The van der Waals surface area contributed by atoms with Gasteiger partial charge in [-0.15, -0.1) is 0 Å². The summed E-state index contributed by atoms with van der Waals surface area (Å²) >= 11 is 0. The summed E-state index contributed by atoms with van der Waals surface area (Å²) in [6, 6.07) is 0. The average molecular weight is 126 g/mol. The van der Waals surface area contributed by atoms with Crippen LogP contribution < -0.4 is 0 Å². The topological polar surface area (TPSA) is 20.2 Å². The van der Waals surface area contributed by atoms with Crippen molar-refractivity contribution in [3.8, 4) is 0 Å². The van der Waals surface area contributed by atoms with Gasteiger partial charge in [-0.25, -0.2) is 0 Å². The van der Waals surface area contributed by atoms with Crippen molar-refractivity contribution in [2.75, 3.05) is 6.61 Å². The molecule has 2 saturated carbocycles. The fraction of sp³-hybridized carbons (Fsp3) is 1.00. The van der Waals surface area contributed by atoms with Crippen LogP contribution in [0.25, 0.3) is 0 Å². The molecule has 0 amide bonds. The third kappa shape index (κ3) is 0.710. The Morgan fingerprint density at radius 3 is 2.11 bits per heavy atom. The molecule has 1 heteroatoms. The van der Waals surface area contributed by atoms with Gasteiger partial charge in [0.05, 0.1) is 0 Å². The fourth-order valence-electron chi connectivity index (χ4n) is 2.02. The van der Waals surface area contributed by atoms with Crippen molar-refractivity contribution < 1.29 is 5.11 Å². The highest BCUT2D eigenvalue weighted by Gasteiger charge is 2.48. The summed E-state index contributed by atoms with van der Waals surface area (Å²) in [7, 11) is 0. The van der Waals surface area contributed by atoms with Crippen LogP contribution in [0.2, 0.25) is 0 Å². The third-order valence-electron chi connectivity index (χ3n) is 3.11. The van der Waals surface area contributed by atoms with Gasteiger partial charge in [-0.2, -0.15) is 0 Å². The second-order valence-electron chi connectivity index (χ2n) is 3.65. The van der Waals surface area contributed by atoms with E-state index in [1.165, 1.54) is 32.1 Å². The molecule has 1 N–H and O–H groups in total. The lowest BCUT2D eigenvalue weighted by Crippen LogP contribution is -2.35. The van der Waals surface area contributed by atoms with Gasteiger partial charge in [0.25, 0.3) is 0 Å². The van der Waals surface area contributed by atoms with Gasteiger partial charge in [-0.05, 0) is 37.0 Å². The van der Waals surface area contributed by atoms with Gasteiger partial charge >= 0.3 is 0 Å². The van der Waals surface area contributed by atoms with Crippen LogP contribution >= 0.6 is 0 Å². The van der Waals surface area contributed by atoms with Crippen LogP contribution in [0.3, 0.4) is 0 Å². The number of aliphatic hydroxyl groups excluding tert-OH is 1. The second-order valence-corrected chi connectivity index (χ2v) is 3.65. The van der Waals surface area contributed by atoms with Gasteiger partial charge in [0, 0.05) is 6.61 Å². The molecule has 9 heavy (non-hydrogen) atoms. The number of hydrogen-bond donors (Lipinski definition) is 1. The predicted molar refractivity (Wildman–Crippen MR) is 36.1 cm³/mol. The fourth-order valence-corrected chi connectivity index (χ4v) is 2.02. The molecule has 0 radical (unpaired) electrons. The lowest BCUT2D eigenvalue weighted by molar-refractivity contribution is 0.0227. The van der Waals surface area contributed by atoms with E-state index in [0.717, 1.165) is 5.92 Å². The van der Waals surface area contributed by atoms with Crippen molar-refractivity contribution in [3.63, 3.8) is 0 Å². The van der Waals surface area contributed by atoms with Gasteiger partial charge in [0.15, 0.2) is 0 Å². The zero-order valence-electron chi connectivity index (χ0n) is 5.77. The Bertz CT molecular complexity index is 106. The summed E-state index contributed by atoms with van der Waals surface area (Å²) < 4.78 is 0. The van der Waals surface area contributed by atoms with E-state index in [2.05, 4.69) is 0 Å². The molecule has 0 unspecified atom stereocenters.